The van der Waals surface area contributed by atoms with Crippen LogP contribution in [0.3, 0.4) is 0 Å². The van der Waals surface area contributed by atoms with Gasteiger partial charge in [0.25, 0.3) is 5.91 Å². The van der Waals surface area contributed by atoms with Gasteiger partial charge in [0, 0.05) is 5.69 Å². The van der Waals surface area contributed by atoms with Gasteiger partial charge >= 0.3 is 0 Å². The average molecular weight is 346 g/mol. The van der Waals surface area contributed by atoms with E-state index >= 15 is 0 Å². The van der Waals surface area contributed by atoms with Crippen LogP contribution in [0.15, 0.2) is 12.3 Å². The van der Waals surface area contributed by atoms with Crippen molar-refractivity contribution in [2.24, 2.45) is 0 Å². The van der Waals surface area contributed by atoms with Crippen LogP contribution in [-0.2, 0) is 12.0 Å². The van der Waals surface area contributed by atoms with E-state index in [9.17, 15) is 9.90 Å². The molecule has 1 aliphatic rings. The molecule has 136 valence electrons. The highest BCUT2D eigenvalue weighted by Crippen LogP contribution is 2.29. The number of aliphatic hydroxyl groups is 1. The Bertz CT molecular complexity index is 730. The first-order valence-corrected chi connectivity index (χ1v) is 8.88. The van der Waals surface area contributed by atoms with Crippen molar-refractivity contribution in [1.29, 1.82) is 0 Å². The average Bonchev–Trinajstić information content (AvgIpc) is 3.24. The first-order valence-electron chi connectivity index (χ1n) is 8.88. The number of aromatic amines is 1. The van der Waals surface area contributed by atoms with E-state index in [-0.39, 0.29) is 18.0 Å². The molecule has 0 aromatic carbocycles. The fourth-order valence-electron chi connectivity index (χ4n) is 3.22. The SMILES string of the molecule is CCc1cc(C(=O)N[C@H]2CCCC[C@H]2n2cc(C(C)(C)O)nn2)n[nH]1. The van der Waals surface area contributed by atoms with Crippen LogP contribution in [0.25, 0.3) is 0 Å². The van der Waals surface area contributed by atoms with Crippen LogP contribution >= 0.6 is 0 Å². The van der Waals surface area contributed by atoms with Crippen LogP contribution in [0.2, 0.25) is 0 Å². The van der Waals surface area contributed by atoms with Gasteiger partial charge in [-0.2, -0.15) is 5.10 Å². The minimum atomic E-state index is -1.03. The lowest BCUT2D eigenvalue weighted by Gasteiger charge is -2.31. The molecule has 2 aromatic heterocycles. The van der Waals surface area contributed by atoms with Gasteiger partial charge in [-0.3, -0.25) is 9.89 Å². The van der Waals surface area contributed by atoms with E-state index in [2.05, 4.69) is 25.8 Å². The van der Waals surface area contributed by atoms with Gasteiger partial charge in [-0.25, -0.2) is 4.68 Å². The standard InChI is InChI=1S/C17H26N6O2/c1-4-11-9-13(20-19-11)16(24)18-12-7-5-6-8-14(12)23-10-15(21-22-23)17(2,3)25/h9-10,12,14,25H,4-8H2,1-3H3,(H,18,24)(H,19,20)/t12-,14+/m0/s1. The summed E-state index contributed by atoms with van der Waals surface area (Å²) in [6.45, 7) is 5.38. The first kappa shape index (κ1) is 17.6. The summed E-state index contributed by atoms with van der Waals surface area (Å²) < 4.78 is 1.78. The van der Waals surface area contributed by atoms with E-state index in [0.717, 1.165) is 37.8 Å². The number of nitrogens with one attached hydrogen (secondary N) is 2. The van der Waals surface area contributed by atoms with Crippen molar-refractivity contribution < 1.29 is 9.90 Å². The second-order valence-electron chi connectivity index (χ2n) is 7.21. The highest BCUT2D eigenvalue weighted by Gasteiger charge is 2.31. The van der Waals surface area contributed by atoms with Crippen molar-refractivity contribution in [2.45, 2.75) is 70.6 Å². The Hall–Kier alpha value is -2.22. The number of rotatable bonds is 5. The van der Waals surface area contributed by atoms with Gasteiger partial charge in [-0.1, -0.05) is 25.0 Å². The normalized spacial score (nSPS) is 21.3. The lowest BCUT2D eigenvalue weighted by molar-refractivity contribution is 0.0735. The molecule has 8 heteroatoms. The molecule has 3 N–H and O–H groups in total. The van der Waals surface area contributed by atoms with Gasteiger partial charge in [0.2, 0.25) is 0 Å². The number of carbonyl (C=O) groups excluding carboxylic acids is 1. The molecule has 0 bridgehead atoms. The third kappa shape index (κ3) is 3.89. The second-order valence-corrected chi connectivity index (χ2v) is 7.21. The summed E-state index contributed by atoms with van der Waals surface area (Å²) >= 11 is 0. The topological polar surface area (TPSA) is 109 Å². The number of nitrogens with zero attached hydrogens (tertiary/aromatic N) is 4. The van der Waals surface area contributed by atoms with E-state index in [1.165, 1.54) is 0 Å². The van der Waals surface area contributed by atoms with Gasteiger partial charge in [0.1, 0.15) is 17.0 Å². The van der Waals surface area contributed by atoms with E-state index in [1.54, 1.807) is 30.8 Å². The van der Waals surface area contributed by atoms with Crippen LogP contribution in [0.4, 0.5) is 0 Å². The smallest absolute Gasteiger partial charge is 0.272 e. The zero-order valence-corrected chi connectivity index (χ0v) is 15.0. The zero-order chi connectivity index (χ0) is 18.0. The number of hydrogen-bond acceptors (Lipinski definition) is 5. The number of hydrogen-bond donors (Lipinski definition) is 3. The van der Waals surface area contributed by atoms with Crippen molar-refractivity contribution >= 4 is 5.91 Å². The third-order valence-electron chi connectivity index (χ3n) is 4.77. The fraction of sp³-hybridized carbons (Fsp3) is 0.647. The molecule has 0 unspecified atom stereocenters. The number of aryl methyl sites for hydroxylation is 1. The van der Waals surface area contributed by atoms with Crippen molar-refractivity contribution in [2.75, 3.05) is 0 Å². The Morgan fingerprint density at radius 1 is 1.44 bits per heavy atom. The van der Waals surface area contributed by atoms with Gasteiger partial charge in [-0.15, -0.1) is 5.10 Å². The molecular weight excluding hydrogens is 320 g/mol. The molecule has 3 rings (SSSR count). The van der Waals surface area contributed by atoms with Crippen LogP contribution in [0.5, 0.6) is 0 Å². The van der Waals surface area contributed by atoms with E-state index < -0.39 is 5.60 Å². The van der Waals surface area contributed by atoms with Gasteiger partial charge in [0.15, 0.2) is 0 Å². The van der Waals surface area contributed by atoms with Gasteiger partial charge in [-0.05, 0) is 39.2 Å². The number of amides is 1. The maximum absolute atomic E-state index is 12.5. The molecule has 2 heterocycles. The molecule has 0 saturated heterocycles. The van der Waals surface area contributed by atoms with E-state index in [1.807, 2.05) is 6.92 Å². The quantitative estimate of drug-likeness (QED) is 0.763. The predicted octanol–water partition coefficient (Wildman–Crippen LogP) is 1.70. The van der Waals surface area contributed by atoms with E-state index in [0.29, 0.717) is 11.4 Å². The van der Waals surface area contributed by atoms with Crippen molar-refractivity contribution in [1.82, 2.24) is 30.5 Å². The molecule has 0 aliphatic heterocycles. The maximum Gasteiger partial charge on any atom is 0.272 e. The van der Waals surface area contributed by atoms with Crippen molar-refractivity contribution in [3.63, 3.8) is 0 Å². The first-order chi connectivity index (χ1) is 11.9. The van der Waals surface area contributed by atoms with E-state index in [4.69, 9.17) is 0 Å². The Labute approximate surface area is 147 Å². The molecule has 1 fully saturated rings. The largest absolute Gasteiger partial charge is 0.384 e. The summed E-state index contributed by atoms with van der Waals surface area (Å²) in [6, 6.07) is 1.79. The molecule has 1 saturated carbocycles. The van der Waals surface area contributed by atoms with Crippen LogP contribution in [0, 0.1) is 0 Å². The molecular formula is C17H26N6O2. The monoisotopic (exact) mass is 346 g/mol. The Morgan fingerprint density at radius 3 is 2.84 bits per heavy atom. The minimum absolute atomic E-state index is 0.0284. The molecule has 25 heavy (non-hydrogen) atoms. The molecule has 2 atom stereocenters. The number of carbonyl (C=O) groups is 1. The molecule has 0 spiro atoms. The van der Waals surface area contributed by atoms with Crippen LogP contribution in [-0.4, -0.2) is 42.2 Å². The second kappa shape index (κ2) is 6.95. The summed E-state index contributed by atoms with van der Waals surface area (Å²) in [7, 11) is 0. The summed E-state index contributed by atoms with van der Waals surface area (Å²) in [4.78, 5) is 12.5. The summed E-state index contributed by atoms with van der Waals surface area (Å²) in [5, 5.41) is 28.4. The Balaban J connectivity index is 1.74. The van der Waals surface area contributed by atoms with Crippen molar-refractivity contribution in [3.05, 3.63) is 29.3 Å². The molecule has 1 aliphatic carbocycles. The minimum Gasteiger partial charge on any atom is -0.384 e. The molecule has 1 amide bonds. The van der Waals surface area contributed by atoms with Crippen LogP contribution < -0.4 is 5.32 Å². The lowest BCUT2D eigenvalue weighted by atomic mass is 9.90. The fourth-order valence-corrected chi connectivity index (χ4v) is 3.22. The van der Waals surface area contributed by atoms with Gasteiger partial charge < -0.3 is 10.4 Å². The highest BCUT2D eigenvalue weighted by molar-refractivity contribution is 5.92. The van der Waals surface area contributed by atoms with Crippen molar-refractivity contribution in [3.8, 4) is 0 Å². The molecule has 2 aromatic rings. The zero-order valence-electron chi connectivity index (χ0n) is 15.0. The number of H-pyrrole nitrogens is 1. The summed E-state index contributed by atoms with van der Waals surface area (Å²) in [5.74, 6) is -0.171. The Kier molecular flexibility index (Phi) is 4.89. The number of aromatic nitrogens is 5. The lowest BCUT2D eigenvalue weighted by Crippen LogP contribution is -2.43. The predicted molar refractivity (Wildman–Crippen MR) is 92.0 cm³/mol. The Morgan fingerprint density at radius 2 is 2.20 bits per heavy atom. The summed E-state index contributed by atoms with van der Waals surface area (Å²) in [5.41, 5.74) is 0.855. The van der Waals surface area contributed by atoms with Crippen LogP contribution in [0.1, 0.15) is 74.4 Å². The molecule has 8 nitrogen and oxygen atoms in total. The third-order valence-corrected chi connectivity index (χ3v) is 4.77. The van der Waals surface area contributed by atoms with Gasteiger partial charge in [0.05, 0.1) is 18.3 Å². The molecule has 0 radical (unpaired) electrons. The highest BCUT2D eigenvalue weighted by atomic mass is 16.3. The maximum atomic E-state index is 12.5. The summed E-state index contributed by atoms with van der Waals surface area (Å²) in [6.07, 6.45) is 6.54.